The molecule has 0 aromatic carbocycles. The quantitative estimate of drug-likeness (QED) is 0.839. The van der Waals surface area contributed by atoms with E-state index in [2.05, 4.69) is 20.9 Å². The predicted octanol–water partition coefficient (Wildman–Crippen LogP) is 1.76. The second kappa shape index (κ2) is 5.17. The van der Waals surface area contributed by atoms with Gasteiger partial charge in [0.15, 0.2) is 0 Å². The van der Waals surface area contributed by atoms with E-state index in [-0.39, 0.29) is 0 Å². The van der Waals surface area contributed by atoms with Crippen LogP contribution in [0.4, 0.5) is 5.69 Å². The standard InChI is InChI=1S/C9H13BrN2O2/c1-6-7(11)5-12-9(8(6)10)14-4-3-13-2/h5H,3-4,11H2,1-2H3. The largest absolute Gasteiger partial charge is 0.474 e. The van der Waals surface area contributed by atoms with E-state index >= 15 is 0 Å². The van der Waals surface area contributed by atoms with Gasteiger partial charge in [0.25, 0.3) is 0 Å². The average molecular weight is 261 g/mol. The van der Waals surface area contributed by atoms with Gasteiger partial charge < -0.3 is 15.2 Å². The Morgan fingerprint density at radius 3 is 2.86 bits per heavy atom. The minimum absolute atomic E-state index is 0.478. The number of hydrogen-bond acceptors (Lipinski definition) is 4. The molecule has 0 aliphatic heterocycles. The Kier molecular flexibility index (Phi) is 4.16. The topological polar surface area (TPSA) is 57.4 Å². The molecular formula is C9H13BrN2O2. The summed E-state index contributed by atoms with van der Waals surface area (Å²) < 4.78 is 11.0. The van der Waals surface area contributed by atoms with Crippen LogP contribution in [-0.4, -0.2) is 25.3 Å². The van der Waals surface area contributed by atoms with Crippen molar-refractivity contribution in [2.45, 2.75) is 6.92 Å². The van der Waals surface area contributed by atoms with Gasteiger partial charge in [-0.3, -0.25) is 0 Å². The highest BCUT2D eigenvalue weighted by molar-refractivity contribution is 9.10. The minimum atomic E-state index is 0.478. The van der Waals surface area contributed by atoms with Crippen LogP contribution in [-0.2, 0) is 4.74 Å². The number of aromatic nitrogens is 1. The van der Waals surface area contributed by atoms with Crippen molar-refractivity contribution in [3.8, 4) is 5.88 Å². The van der Waals surface area contributed by atoms with Gasteiger partial charge >= 0.3 is 0 Å². The highest BCUT2D eigenvalue weighted by Gasteiger charge is 2.07. The van der Waals surface area contributed by atoms with Gasteiger partial charge in [0.2, 0.25) is 5.88 Å². The van der Waals surface area contributed by atoms with Gasteiger partial charge in [-0.25, -0.2) is 4.98 Å². The second-order valence-corrected chi connectivity index (χ2v) is 3.59. The van der Waals surface area contributed by atoms with E-state index in [1.807, 2.05) is 6.92 Å². The molecule has 2 N–H and O–H groups in total. The third kappa shape index (κ3) is 2.59. The van der Waals surface area contributed by atoms with E-state index < -0.39 is 0 Å². The van der Waals surface area contributed by atoms with E-state index in [1.54, 1.807) is 13.3 Å². The summed E-state index contributed by atoms with van der Waals surface area (Å²) in [5, 5.41) is 0. The number of nitrogens with two attached hydrogens (primary N) is 1. The van der Waals surface area contributed by atoms with Crippen LogP contribution in [0.2, 0.25) is 0 Å². The van der Waals surface area contributed by atoms with Crippen molar-refractivity contribution in [2.75, 3.05) is 26.1 Å². The van der Waals surface area contributed by atoms with Crippen LogP contribution in [0.1, 0.15) is 5.56 Å². The van der Waals surface area contributed by atoms with Gasteiger partial charge in [0.05, 0.1) is 23.0 Å². The van der Waals surface area contributed by atoms with Crippen LogP contribution in [0.25, 0.3) is 0 Å². The zero-order valence-corrected chi connectivity index (χ0v) is 9.80. The Bertz CT molecular complexity index is 318. The first kappa shape index (κ1) is 11.3. The third-order valence-corrected chi connectivity index (χ3v) is 2.73. The van der Waals surface area contributed by atoms with Gasteiger partial charge in [-0.05, 0) is 28.4 Å². The maximum absolute atomic E-state index is 5.67. The monoisotopic (exact) mass is 260 g/mol. The molecule has 0 radical (unpaired) electrons. The molecule has 1 aromatic heterocycles. The Morgan fingerprint density at radius 2 is 2.21 bits per heavy atom. The molecule has 0 fully saturated rings. The lowest BCUT2D eigenvalue weighted by Gasteiger charge is -2.09. The molecule has 0 atom stereocenters. The molecule has 0 saturated heterocycles. The zero-order valence-electron chi connectivity index (χ0n) is 8.21. The Hall–Kier alpha value is -0.810. The molecule has 0 aliphatic rings. The molecule has 78 valence electrons. The molecule has 0 amide bonds. The van der Waals surface area contributed by atoms with Crippen molar-refractivity contribution in [3.05, 3.63) is 16.2 Å². The number of methoxy groups -OCH3 is 1. The summed E-state index contributed by atoms with van der Waals surface area (Å²) in [7, 11) is 1.63. The first-order valence-corrected chi connectivity index (χ1v) is 4.98. The summed E-state index contributed by atoms with van der Waals surface area (Å²) in [5.41, 5.74) is 7.26. The molecule has 14 heavy (non-hydrogen) atoms. The average Bonchev–Trinajstić information content (AvgIpc) is 2.18. The van der Waals surface area contributed by atoms with E-state index in [0.29, 0.717) is 24.8 Å². The number of anilines is 1. The van der Waals surface area contributed by atoms with E-state index in [9.17, 15) is 0 Å². The Balaban J connectivity index is 2.73. The van der Waals surface area contributed by atoms with E-state index in [1.165, 1.54) is 0 Å². The molecule has 1 aromatic rings. The van der Waals surface area contributed by atoms with Crippen LogP contribution >= 0.6 is 15.9 Å². The summed E-state index contributed by atoms with van der Waals surface area (Å²) in [6, 6.07) is 0. The number of ether oxygens (including phenoxy) is 2. The summed E-state index contributed by atoms with van der Waals surface area (Å²) in [6.45, 7) is 2.92. The summed E-state index contributed by atoms with van der Waals surface area (Å²) in [5.74, 6) is 0.550. The van der Waals surface area contributed by atoms with Crippen molar-refractivity contribution >= 4 is 21.6 Å². The first-order valence-electron chi connectivity index (χ1n) is 4.19. The van der Waals surface area contributed by atoms with E-state index in [4.69, 9.17) is 15.2 Å². The predicted molar refractivity (Wildman–Crippen MR) is 58.5 cm³/mol. The number of nitrogen functional groups attached to an aromatic ring is 1. The minimum Gasteiger partial charge on any atom is -0.474 e. The third-order valence-electron chi connectivity index (χ3n) is 1.80. The van der Waals surface area contributed by atoms with Crippen molar-refractivity contribution in [1.29, 1.82) is 0 Å². The fourth-order valence-electron chi connectivity index (χ4n) is 0.891. The molecule has 0 unspecified atom stereocenters. The molecule has 0 saturated carbocycles. The lowest BCUT2D eigenvalue weighted by Crippen LogP contribution is -2.06. The van der Waals surface area contributed by atoms with Crippen molar-refractivity contribution < 1.29 is 9.47 Å². The maximum Gasteiger partial charge on any atom is 0.228 e. The second-order valence-electron chi connectivity index (χ2n) is 2.80. The zero-order chi connectivity index (χ0) is 10.6. The number of halogens is 1. The van der Waals surface area contributed by atoms with Crippen LogP contribution < -0.4 is 10.5 Å². The van der Waals surface area contributed by atoms with Crippen LogP contribution in [0.15, 0.2) is 10.7 Å². The van der Waals surface area contributed by atoms with Crippen molar-refractivity contribution in [3.63, 3.8) is 0 Å². The normalized spacial score (nSPS) is 10.2. The van der Waals surface area contributed by atoms with Crippen LogP contribution in [0.5, 0.6) is 5.88 Å². The molecule has 0 spiro atoms. The Labute approximate surface area is 91.5 Å². The fourth-order valence-corrected chi connectivity index (χ4v) is 1.34. The Morgan fingerprint density at radius 1 is 1.50 bits per heavy atom. The highest BCUT2D eigenvalue weighted by Crippen LogP contribution is 2.29. The summed E-state index contributed by atoms with van der Waals surface area (Å²) in [4.78, 5) is 4.06. The molecule has 0 bridgehead atoms. The van der Waals surface area contributed by atoms with Crippen molar-refractivity contribution in [1.82, 2.24) is 4.98 Å². The molecule has 4 nitrogen and oxygen atoms in total. The molecule has 0 aliphatic carbocycles. The van der Waals surface area contributed by atoms with Gasteiger partial charge in [-0.2, -0.15) is 0 Å². The molecule has 1 rings (SSSR count). The molecular weight excluding hydrogens is 248 g/mol. The number of rotatable bonds is 4. The van der Waals surface area contributed by atoms with Crippen LogP contribution in [0, 0.1) is 6.92 Å². The summed E-state index contributed by atoms with van der Waals surface area (Å²) in [6.07, 6.45) is 1.59. The SMILES string of the molecule is COCCOc1ncc(N)c(C)c1Br. The van der Waals surface area contributed by atoms with Gasteiger partial charge in [0.1, 0.15) is 6.61 Å². The highest BCUT2D eigenvalue weighted by atomic mass is 79.9. The fraction of sp³-hybridized carbons (Fsp3) is 0.444. The van der Waals surface area contributed by atoms with Crippen LogP contribution in [0.3, 0.4) is 0 Å². The number of nitrogens with zero attached hydrogens (tertiary/aromatic N) is 1. The van der Waals surface area contributed by atoms with Gasteiger partial charge in [0, 0.05) is 7.11 Å². The van der Waals surface area contributed by atoms with Gasteiger partial charge in [-0.1, -0.05) is 0 Å². The lowest BCUT2D eigenvalue weighted by atomic mass is 10.2. The van der Waals surface area contributed by atoms with Gasteiger partial charge in [-0.15, -0.1) is 0 Å². The first-order chi connectivity index (χ1) is 6.66. The molecule has 1 heterocycles. The lowest BCUT2D eigenvalue weighted by molar-refractivity contribution is 0.143. The van der Waals surface area contributed by atoms with Crippen molar-refractivity contribution in [2.24, 2.45) is 0 Å². The van der Waals surface area contributed by atoms with E-state index in [0.717, 1.165) is 10.0 Å². The number of pyridine rings is 1. The number of hydrogen-bond donors (Lipinski definition) is 1. The summed E-state index contributed by atoms with van der Waals surface area (Å²) >= 11 is 3.37. The smallest absolute Gasteiger partial charge is 0.228 e. The molecule has 5 heteroatoms. The maximum atomic E-state index is 5.67.